The van der Waals surface area contributed by atoms with Gasteiger partial charge in [0.25, 0.3) is 5.69 Å². The molecule has 644 valence electrons. The number of benzene rings is 6. The molecule has 3 aliphatic heterocycles. The van der Waals surface area contributed by atoms with Crippen molar-refractivity contribution < 1.29 is 83.9 Å². The summed E-state index contributed by atoms with van der Waals surface area (Å²) in [7, 11) is -0.682. The molecule has 1 saturated heterocycles. The molecule has 10 heterocycles. The molecular weight excluding hydrogens is 1870 g/mol. The molecule has 34 heteroatoms. The van der Waals surface area contributed by atoms with Gasteiger partial charge in [0, 0.05) is 136 Å². The van der Waals surface area contributed by atoms with Crippen LogP contribution in [0.3, 0.4) is 0 Å². The molecule has 6 aromatic carbocycles. The van der Waals surface area contributed by atoms with Crippen LogP contribution in [0.15, 0.2) is 148 Å². The van der Waals surface area contributed by atoms with Gasteiger partial charge in [-0.2, -0.15) is 36.5 Å². The molecule has 0 atom stereocenters. The van der Waals surface area contributed by atoms with Gasteiger partial charge in [0.05, 0.1) is 64.7 Å². The van der Waals surface area contributed by atoms with Gasteiger partial charge in [0.2, 0.25) is 0 Å². The smallest absolute Gasteiger partial charge is 1.00 e. The van der Waals surface area contributed by atoms with Crippen molar-refractivity contribution in [1.82, 2.24) is 44.5 Å². The number of halogens is 16. The van der Waals surface area contributed by atoms with Crippen LogP contribution in [0.1, 0.15) is 148 Å². The first-order chi connectivity index (χ1) is 55.8. The molecule has 0 spiro atoms. The Morgan fingerprint density at radius 3 is 1.39 bits per heavy atom. The quantitative estimate of drug-likeness (QED) is 0.0371. The first-order valence-corrected chi connectivity index (χ1v) is 40.0. The van der Waals surface area contributed by atoms with Crippen molar-refractivity contribution in [3.05, 3.63) is 278 Å². The molecule has 3 N–H and O–H groups in total. The zero-order valence-electron chi connectivity index (χ0n) is 67.5. The number of rotatable bonds is 11. The second kappa shape index (κ2) is 40.9. The van der Waals surface area contributed by atoms with Gasteiger partial charge in [-0.3, -0.25) is 16.7 Å². The van der Waals surface area contributed by atoms with Gasteiger partial charge in [-0.15, -0.1) is 0 Å². The Labute approximate surface area is 752 Å². The summed E-state index contributed by atoms with van der Waals surface area (Å²) >= 11 is 9.74. The summed E-state index contributed by atoms with van der Waals surface area (Å²) in [6.07, 6.45) is 1.47. The molecule has 3 aliphatic rings. The number of nitro groups is 1. The molecule has 16 rings (SSSR count). The molecule has 16 nitrogen and oxygen atoms in total. The largest absolute Gasteiger partial charge is 2.00 e. The molecular formula is C88H91BBr4F12MgN12O4. The van der Waals surface area contributed by atoms with Gasteiger partial charge < -0.3 is 57.6 Å². The first kappa shape index (κ1) is 100. The number of H-pyrrole nitrogens is 3. The van der Waals surface area contributed by atoms with E-state index in [9.17, 15) is 54.0 Å². The zero-order valence-corrected chi connectivity index (χ0v) is 75.2. The van der Waals surface area contributed by atoms with E-state index in [1.165, 1.54) is 36.2 Å². The maximum absolute atomic E-state index is 16.0. The van der Waals surface area contributed by atoms with Gasteiger partial charge in [0.15, 0.2) is 23.3 Å². The number of hydrogen-bond donors (Lipinski definition) is 3. The predicted octanol–water partition coefficient (Wildman–Crippen LogP) is 21.2. The molecule has 122 heavy (non-hydrogen) atoms. The molecule has 0 saturated carbocycles. The average molecular weight is 1960 g/mol. The van der Waals surface area contributed by atoms with Crippen LogP contribution in [-0.4, -0.2) is 104 Å². The molecule has 1 fully saturated rings. The minimum absolute atomic E-state index is 0. The molecule has 0 amide bonds. The minimum Gasteiger partial charge on any atom is -1.00 e. The van der Waals surface area contributed by atoms with E-state index in [-0.39, 0.29) is 94.9 Å². The number of para-hydroxylation sites is 2. The number of aryl methyl sites for hydroxylation is 8. The zero-order chi connectivity index (χ0) is 86.1. The van der Waals surface area contributed by atoms with Crippen molar-refractivity contribution in [2.45, 2.75) is 173 Å². The van der Waals surface area contributed by atoms with Crippen LogP contribution < -0.4 is 32.2 Å². The van der Waals surface area contributed by atoms with E-state index in [2.05, 4.69) is 126 Å². The summed E-state index contributed by atoms with van der Waals surface area (Å²) in [5.74, 6) is -3.70. The number of aromatic nitrogens is 9. The second-order valence-corrected chi connectivity index (χ2v) is 31.7. The van der Waals surface area contributed by atoms with Crippen molar-refractivity contribution in [3.63, 3.8) is 0 Å². The van der Waals surface area contributed by atoms with Crippen molar-refractivity contribution in [3.8, 4) is 22.6 Å². The van der Waals surface area contributed by atoms with Crippen molar-refractivity contribution in [1.29, 1.82) is 0 Å². The Morgan fingerprint density at radius 2 is 0.943 bits per heavy atom. The third-order valence-corrected chi connectivity index (χ3v) is 23.6. The van der Waals surface area contributed by atoms with E-state index in [0.717, 1.165) is 126 Å². The third kappa shape index (κ3) is 20.6. The molecule has 7 aromatic heterocycles. The fraction of sp³-hybridized carbons (Fsp3) is 0.318. The van der Waals surface area contributed by atoms with E-state index in [0.29, 0.717) is 94.7 Å². The standard InChI is InChI=1S/C31H28F5N5.C22H21BrF4N4.C15H19BFNO2.C9H7BrFN.C7H5BrFNO2.C2H3.2CH4.BrH.Mg/c1-4-18-7-6-8-19(5-2)28(18)41-29(26-21-9-11-37-27(21)17(3)13-23(26)32)22-16-40(12-10-25(22)39-41)30-24(33)14-20(15-38-30)31(34,35)36;1-3-13-6-5-7-14(4-2)19(13)31-20(23)16-12-30(9-8-18(16)29-31)21-17(24)10-15(11-28-21)22(25,26)27;1-9-8-11(17)12(10-6-7-18-13(9)10)16-19-14(2,3)15(4,5)20-16;1-5-4-7(11)8(10)6-2-3-12-9(5)6;1-4-2-6(9)5(8)3-7(4)10(11)12;1-2;;;;/h6-9,11,13-15,37H,4-5,10,12,16H2,1-3H3;5-7,10-11H,3-4,8-9,12H2,1-2H3;6-8,18H,1-5H3;2-4,12H,1H3;2-3H,1H3;1H,2H2;2*1H4;1H;/q;;;;;-1;;;;+2/p-1. The summed E-state index contributed by atoms with van der Waals surface area (Å²) in [5, 5.41) is 22.6. The number of nitrogens with one attached hydrogen (secondary N) is 3. The molecule has 0 unspecified atom stereocenters. The fourth-order valence-electron chi connectivity index (χ4n) is 14.6. The van der Waals surface area contributed by atoms with Gasteiger partial charge in [0.1, 0.15) is 27.9 Å². The summed E-state index contributed by atoms with van der Waals surface area (Å²) in [5.41, 5.74) is 13.3. The number of fused-ring (bicyclic) bond motifs is 5. The SMILES string of the molecule is C.C.CCc1cccc(CC)c1-n1nc2c(c1-c1c(F)cc(C)c3[nH]ccc13)CN(c1ncc(C(F)(F)F)cc1F)CC2.CCc1cccc(CC)c1-n1nc2c(c1Br)CN(c1ncc(C(F)(F)F)cc1F)CC2.Cc1cc(F)c(B2OC(C)(C)C(C)(C)O2)c2cc[nH]c12.Cc1cc(F)c(Br)c2cc[nH]c12.Cc1cc(F)c(Br)cc1[N+](=O)[O-].[Br-].[CH-]=C.[Mg+2]. The van der Waals surface area contributed by atoms with Crippen LogP contribution in [0.5, 0.6) is 0 Å². The van der Waals surface area contributed by atoms with E-state index < -0.39 is 70.0 Å². The summed E-state index contributed by atoms with van der Waals surface area (Å²) in [4.78, 5) is 30.1. The molecule has 13 aromatic rings. The van der Waals surface area contributed by atoms with Gasteiger partial charge in [-0.25, -0.2) is 45.7 Å². The average Bonchev–Trinajstić information content (AvgIpc) is 1.58. The Bertz CT molecular complexity index is 5870. The second-order valence-electron chi connectivity index (χ2n) is 29.3. The fourth-order valence-corrected chi connectivity index (χ4v) is 16.0. The van der Waals surface area contributed by atoms with E-state index >= 15 is 8.78 Å². The minimum atomic E-state index is -4.70. The van der Waals surface area contributed by atoms with Crippen LogP contribution >= 0.6 is 47.8 Å². The van der Waals surface area contributed by atoms with Crippen molar-refractivity contribution in [2.75, 3.05) is 22.9 Å². The van der Waals surface area contributed by atoms with Crippen LogP contribution in [0.2, 0.25) is 0 Å². The van der Waals surface area contributed by atoms with Crippen LogP contribution in [0, 0.1) is 79.3 Å². The van der Waals surface area contributed by atoms with Gasteiger partial charge in [-0.05, 0) is 222 Å². The van der Waals surface area contributed by atoms with Crippen LogP contribution in [-0.2, 0) is 73.3 Å². The maximum Gasteiger partial charge on any atom is 2.00 e. The monoisotopic (exact) mass is 1960 g/mol. The van der Waals surface area contributed by atoms with Crippen LogP contribution in [0.4, 0.5) is 70.0 Å². The van der Waals surface area contributed by atoms with Gasteiger partial charge >= 0.3 is 42.5 Å². The van der Waals surface area contributed by atoms with E-state index in [1.807, 2.05) is 113 Å². The Hall–Kier alpha value is -8.77. The predicted molar refractivity (Wildman–Crippen MR) is 466 cm³/mol. The Morgan fingerprint density at radius 1 is 0.549 bits per heavy atom. The number of hydrogen-bond acceptors (Lipinski definition) is 10. The normalized spacial score (nSPS) is 13.7. The summed E-state index contributed by atoms with van der Waals surface area (Å²) in [6, 6.07) is 25.6. The molecule has 0 bridgehead atoms. The molecule has 0 radical (unpaired) electrons. The summed E-state index contributed by atoms with van der Waals surface area (Å²) < 4.78 is 181. The number of anilines is 2. The van der Waals surface area contributed by atoms with Crippen molar-refractivity contribution >= 4 is 133 Å². The topological polar surface area (TPSA) is 177 Å². The van der Waals surface area contributed by atoms with Gasteiger partial charge in [-0.1, -0.05) is 78.9 Å². The Balaban J connectivity index is 0.000000223. The number of alkyl halides is 6. The van der Waals surface area contributed by atoms with E-state index in [1.54, 1.807) is 16.0 Å². The number of nitrogens with zero attached hydrogens (tertiary/aromatic N) is 9. The summed E-state index contributed by atoms with van der Waals surface area (Å²) in [6.45, 7) is 31.4. The van der Waals surface area contributed by atoms with Crippen LogP contribution in [0.25, 0.3) is 55.3 Å². The number of nitro benzene ring substituents is 1. The third-order valence-electron chi connectivity index (χ3n) is 21.4. The first-order valence-electron chi connectivity index (χ1n) is 37.7. The number of pyridine rings is 2. The van der Waals surface area contributed by atoms with E-state index in [4.69, 9.17) is 19.5 Å². The maximum atomic E-state index is 16.0. The number of aromatic amines is 3. The Kier molecular flexibility index (Phi) is 33.6. The van der Waals surface area contributed by atoms with Crippen molar-refractivity contribution in [2.24, 2.45) is 0 Å². The molecule has 0 aliphatic carbocycles.